The van der Waals surface area contributed by atoms with Gasteiger partial charge in [-0.2, -0.15) is 0 Å². The van der Waals surface area contributed by atoms with Crippen LogP contribution in [0.2, 0.25) is 0 Å². The van der Waals surface area contributed by atoms with Crippen LogP contribution in [0.25, 0.3) is 10.2 Å². The van der Waals surface area contributed by atoms with Gasteiger partial charge in [0.05, 0.1) is 10.2 Å². The smallest absolute Gasteiger partial charge is 0.186 e. The van der Waals surface area contributed by atoms with Crippen LogP contribution in [-0.2, 0) is 13.0 Å². The van der Waals surface area contributed by atoms with Gasteiger partial charge in [-0.1, -0.05) is 47.7 Å². The Bertz CT molecular complexity index is 780. The predicted molar refractivity (Wildman–Crippen MR) is 90.3 cm³/mol. The molecule has 2 aromatic carbocycles. The molecule has 0 spiro atoms. The number of aryl methyl sites for hydroxylation is 2. The summed E-state index contributed by atoms with van der Waals surface area (Å²) in [6.07, 6.45) is 1.12. The largest absolute Gasteiger partial charge is 0.343 e. The Kier molecular flexibility index (Phi) is 2.96. The molecular weight excluding hydrogens is 276 g/mol. The average Bonchev–Trinajstić information content (AvgIpc) is 2.97. The van der Waals surface area contributed by atoms with Crippen LogP contribution in [-0.4, -0.2) is 11.5 Å². The molecule has 2 nitrogen and oxygen atoms in total. The number of fused-ring (bicyclic) bond motifs is 2. The van der Waals surface area contributed by atoms with Crippen LogP contribution in [0, 0.1) is 13.8 Å². The fourth-order valence-electron chi connectivity index (χ4n) is 3.04. The van der Waals surface area contributed by atoms with Gasteiger partial charge in [-0.05, 0) is 42.5 Å². The zero-order valence-electron chi connectivity index (χ0n) is 12.4. The molecule has 0 bridgehead atoms. The number of nitrogens with zero attached hydrogens (tertiary/aromatic N) is 2. The number of anilines is 1. The van der Waals surface area contributed by atoms with Gasteiger partial charge in [0.1, 0.15) is 0 Å². The minimum atomic E-state index is 0.980. The van der Waals surface area contributed by atoms with Crippen molar-refractivity contribution in [3.8, 4) is 0 Å². The van der Waals surface area contributed by atoms with Crippen LogP contribution in [0.3, 0.4) is 0 Å². The van der Waals surface area contributed by atoms with Crippen molar-refractivity contribution in [2.75, 3.05) is 11.4 Å². The lowest BCUT2D eigenvalue weighted by molar-refractivity contribution is 0.730. The summed E-state index contributed by atoms with van der Waals surface area (Å²) in [6, 6.07) is 13.1. The molecule has 0 unspecified atom stereocenters. The van der Waals surface area contributed by atoms with Crippen LogP contribution in [0.5, 0.6) is 0 Å². The van der Waals surface area contributed by atoms with E-state index in [1.165, 1.54) is 32.5 Å². The Morgan fingerprint density at radius 2 is 1.76 bits per heavy atom. The summed E-state index contributed by atoms with van der Waals surface area (Å²) < 4.78 is 1.34. The van der Waals surface area contributed by atoms with Gasteiger partial charge in [0, 0.05) is 13.1 Å². The van der Waals surface area contributed by atoms with Crippen LogP contribution in [0.1, 0.15) is 22.3 Å². The lowest BCUT2D eigenvalue weighted by atomic mass is 10.0. The molecule has 0 radical (unpaired) electrons. The molecule has 0 atom stereocenters. The highest BCUT2D eigenvalue weighted by Gasteiger charge is 2.19. The topological polar surface area (TPSA) is 16.1 Å². The summed E-state index contributed by atoms with van der Waals surface area (Å²) in [6.45, 7) is 6.37. The van der Waals surface area contributed by atoms with Gasteiger partial charge < -0.3 is 4.90 Å². The number of thiazole rings is 1. The fourth-order valence-corrected chi connectivity index (χ4v) is 4.18. The van der Waals surface area contributed by atoms with Gasteiger partial charge in [-0.15, -0.1) is 0 Å². The second-order valence-corrected chi connectivity index (χ2v) is 6.79. The first-order valence-corrected chi connectivity index (χ1v) is 8.22. The molecule has 0 amide bonds. The zero-order chi connectivity index (χ0) is 14.4. The molecule has 1 aliphatic rings. The summed E-state index contributed by atoms with van der Waals surface area (Å²) in [4.78, 5) is 7.34. The average molecular weight is 294 g/mol. The fraction of sp³-hybridized carbons (Fsp3) is 0.278. The van der Waals surface area contributed by atoms with E-state index in [0.29, 0.717) is 0 Å². The third-order valence-corrected chi connectivity index (χ3v) is 5.58. The third kappa shape index (κ3) is 2.12. The van der Waals surface area contributed by atoms with Crippen molar-refractivity contribution in [3.05, 3.63) is 58.7 Å². The predicted octanol–water partition coefficient (Wildman–Crippen LogP) is 4.48. The minimum absolute atomic E-state index is 0.980. The molecule has 0 N–H and O–H groups in total. The SMILES string of the molecule is Cc1ccc(C)c2sc(N3CCc4ccccc4C3)nc12. The summed E-state index contributed by atoms with van der Waals surface area (Å²) in [5.41, 5.74) is 6.71. The number of benzene rings is 2. The molecule has 1 aliphatic heterocycles. The van der Waals surface area contributed by atoms with E-state index in [4.69, 9.17) is 4.98 Å². The number of aromatic nitrogens is 1. The van der Waals surface area contributed by atoms with Gasteiger partial charge >= 0.3 is 0 Å². The molecule has 21 heavy (non-hydrogen) atoms. The molecule has 0 aliphatic carbocycles. The van der Waals surface area contributed by atoms with Crippen LogP contribution < -0.4 is 4.90 Å². The van der Waals surface area contributed by atoms with Crippen molar-refractivity contribution in [2.45, 2.75) is 26.8 Å². The highest BCUT2D eigenvalue weighted by Crippen LogP contribution is 2.35. The van der Waals surface area contributed by atoms with E-state index in [2.05, 4.69) is 55.1 Å². The van der Waals surface area contributed by atoms with E-state index < -0.39 is 0 Å². The zero-order valence-corrected chi connectivity index (χ0v) is 13.2. The number of hydrogen-bond donors (Lipinski definition) is 0. The summed E-state index contributed by atoms with van der Waals surface area (Å²) in [5.74, 6) is 0. The molecule has 3 heteroatoms. The highest BCUT2D eigenvalue weighted by atomic mass is 32.1. The van der Waals surface area contributed by atoms with Gasteiger partial charge in [0.25, 0.3) is 0 Å². The van der Waals surface area contributed by atoms with Gasteiger partial charge in [-0.3, -0.25) is 0 Å². The molecular formula is C18H18N2S. The normalized spacial score (nSPS) is 14.5. The van der Waals surface area contributed by atoms with E-state index in [0.717, 1.165) is 24.6 Å². The molecule has 3 aromatic rings. The van der Waals surface area contributed by atoms with Crippen molar-refractivity contribution >= 4 is 26.7 Å². The molecule has 1 aromatic heterocycles. The Labute approximate surface area is 129 Å². The first kappa shape index (κ1) is 12.8. The van der Waals surface area contributed by atoms with Crippen LogP contribution in [0.4, 0.5) is 5.13 Å². The Morgan fingerprint density at radius 1 is 1.00 bits per heavy atom. The highest BCUT2D eigenvalue weighted by molar-refractivity contribution is 7.22. The minimum Gasteiger partial charge on any atom is -0.343 e. The van der Waals surface area contributed by atoms with Gasteiger partial charge in [-0.25, -0.2) is 4.98 Å². The van der Waals surface area contributed by atoms with E-state index in [1.807, 2.05) is 11.3 Å². The van der Waals surface area contributed by atoms with E-state index in [1.54, 1.807) is 0 Å². The molecule has 0 fully saturated rings. The van der Waals surface area contributed by atoms with E-state index in [-0.39, 0.29) is 0 Å². The van der Waals surface area contributed by atoms with Crippen molar-refractivity contribution in [1.29, 1.82) is 0 Å². The monoisotopic (exact) mass is 294 g/mol. The van der Waals surface area contributed by atoms with Crippen LogP contribution >= 0.6 is 11.3 Å². The summed E-state index contributed by atoms with van der Waals surface area (Å²) >= 11 is 1.83. The van der Waals surface area contributed by atoms with E-state index >= 15 is 0 Å². The van der Waals surface area contributed by atoms with E-state index in [9.17, 15) is 0 Å². The van der Waals surface area contributed by atoms with Crippen molar-refractivity contribution in [2.24, 2.45) is 0 Å². The van der Waals surface area contributed by atoms with Crippen molar-refractivity contribution in [3.63, 3.8) is 0 Å². The van der Waals surface area contributed by atoms with Gasteiger partial charge in [0.15, 0.2) is 5.13 Å². The molecule has 106 valence electrons. The first-order valence-electron chi connectivity index (χ1n) is 7.41. The molecule has 0 saturated carbocycles. The lowest BCUT2D eigenvalue weighted by Crippen LogP contribution is -2.30. The first-order chi connectivity index (χ1) is 10.2. The van der Waals surface area contributed by atoms with Crippen molar-refractivity contribution in [1.82, 2.24) is 4.98 Å². The summed E-state index contributed by atoms with van der Waals surface area (Å²) in [7, 11) is 0. The third-order valence-electron chi connectivity index (χ3n) is 4.33. The molecule has 4 rings (SSSR count). The second kappa shape index (κ2) is 4.85. The maximum atomic E-state index is 4.91. The standard InChI is InChI=1S/C18H18N2S/c1-12-7-8-13(2)17-16(12)19-18(21-17)20-10-9-14-5-3-4-6-15(14)11-20/h3-8H,9-11H2,1-2H3. The Morgan fingerprint density at radius 3 is 2.57 bits per heavy atom. The molecule has 2 heterocycles. The Balaban J connectivity index is 1.75. The van der Waals surface area contributed by atoms with Crippen molar-refractivity contribution < 1.29 is 0 Å². The number of hydrogen-bond acceptors (Lipinski definition) is 3. The number of rotatable bonds is 1. The second-order valence-electron chi connectivity index (χ2n) is 5.81. The maximum absolute atomic E-state index is 4.91. The van der Waals surface area contributed by atoms with Crippen LogP contribution in [0.15, 0.2) is 36.4 Å². The van der Waals surface area contributed by atoms with Gasteiger partial charge in [0.2, 0.25) is 0 Å². The lowest BCUT2D eigenvalue weighted by Gasteiger charge is -2.28. The quantitative estimate of drug-likeness (QED) is 0.658. The Hall–Kier alpha value is -1.87. The molecule has 0 saturated heterocycles. The maximum Gasteiger partial charge on any atom is 0.186 e. The summed E-state index contributed by atoms with van der Waals surface area (Å²) in [5, 5.41) is 1.16.